The molecular weight excluding hydrogens is 666 g/mol. The lowest BCUT2D eigenvalue weighted by molar-refractivity contribution is -0.193. The number of piperidine rings is 1. The van der Waals surface area contributed by atoms with Gasteiger partial charge in [0.2, 0.25) is 6.10 Å². The number of carbonyl (C=O) groups excluding carboxylic acids is 2. The lowest BCUT2D eigenvalue weighted by atomic mass is 10.0. The van der Waals surface area contributed by atoms with E-state index in [1.165, 1.54) is 0 Å². The molecule has 2 aromatic carbocycles. The van der Waals surface area contributed by atoms with Gasteiger partial charge in [-0.1, -0.05) is 41.9 Å². The van der Waals surface area contributed by atoms with Gasteiger partial charge in [-0.3, -0.25) is 15.0 Å². The Kier molecular flexibility index (Phi) is 14.7. The van der Waals surface area contributed by atoms with E-state index in [1.54, 1.807) is 24.3 Å². The number of anilines is 1. The van der Waals surface area contributed by atoms with Crippen LogP contribution in [0.15, 0.2) is 54.6 Å². The summed E-state index contributed by atoms with van der Waals surface area (Å²) in [5.41, 5.74) is 1.21. The van der Waals surface area contributed by atoms with Gasteiger partial charge in [0.15, 0.2) is 0 Å². The van der Waals surface area contributed by atoms with Crippen molar-refractivity contribution < 1.29 is 60.5 Å². The van der Waals surface area contributed by atoms with Crippen LogP contribution >= 0.6 is 11.6 Å². The molecule has 11 nitrogen and oxygen atoms in total. The molecule has 0 radical (unpaired) electrons. The Labute approximate surface area is 270 Å². The summed E-state index contributed by atoms with van der Waals surface area (Å²) in [6.45, 7) is 5.67. The van der Waals surface area contributed by atoms with E-state index in [0.717, 1.165) is 39.0 Å². The highest BCUT2D eigenvalue weighted by atomic mass is 35.5. The summed E-state index contributed by atoms with van der Waals surface area (Å²) in [4.78, 5) is 50.6. The number of likely N-dealkylation sites (tertiary alicyclic amines) is 1. The van der Waals surface area contributed by atoms with Gasteiger partial charge in [-0.15, -0.1) is 0 Å². The summed E-state index contributed by atoms with van der Waals surface area (Å²) in [7, 11) is 2.16. The number of ether oxygens (including phenoxy) is 1. The average Bonchev–Trinajstić information content (AvgIpc) is 3.01. The summed E-state index contributed by atoms with van der Waals surface area (Å²) < 4.78 is 69.1. The van der Waals surface area contributed by atoms with Crippen LogP contribution in [0.25, 0.3) is 0 Å². The Morgan fingerprint density at radius 2 is 1.28 bits per heavy atom. The lowest BCUT2D eigenvalue weighted by Gasteiger charge is -2.42. The first-order valence-electron chi connectivity index (χ1n) is 14.0. The summed E-state index contributed by atoms with van der Waals surface area (Å²) in [6.07, 6.45) is -9.95. The van der Waals surface area contributed by atoms with Gasteiger partial charge in [-0.2, -0.15) is 26.3 Å². The van der Waals surface area contributed by atoms with Gasteiger partial charge in [0, 0.05) is 61.6 Å². The topological polar surface area (TPSA) is 140 Å². The highest BCUT2D eigenvalue weighted by molar-refractivity contribution is 6.30. The van der Waals surface area contributed by atoms with Gasteiger partial charge in [0.25, 0.3) is 5.91 Å². The number of halogens is 7. The standard InChI is InChI=1S/C25H31ClN4O3.2C2HF3O2/c1-28-15-17-29(18-16-28)22-11-13-30(14-12-22)24(31)23(19-5-3-2-4-6-19)33-25(32)27-21-9-7-20(26)8-10-21;2*3-2(4,5)1(6)7/h2-10,22-23H,11-18H2,1H3,(H,27,32);2*(H,6,7)/t23-;;/m1../s1. The van der Waals surface area contributed by atoms with Crippen LogP contribution in [0.2, 0.25) is 5.02 Å². The quantitative estimate of drug-likeness (QED) is 0.363. The Bertz CT molecular complexity index is 1290. The number of hydrogen-bond donors (Lipinski definition) is 3. The molecule has 2 fully saturated rings. The number of carboxylic acid groups (broad SMARTS) is 2. The van der Waals surface area contributed by atoms with E-state index in [4.69, 9.17) is 36.1 Å². The third kappa shape index (κ3) is 13.7. The van der Waals surface area contributed by atoms with Crippen molar-refractivity contribution in [3.05, 3.63) is 65.2 Å². The second kappa shape index (κ2) is 17.7. The van der Waals surface area contributed by atoms with E-state index in [0.29, 0.717) is 35.4 Å². The molecule has 0 aliphatic carbocycles. The molecule has 260 valence electrons. The minimum absolute atomic E-state index is 0.177. The van der Waals surface area contributed by atoms with E-state index in [9.17, 15) is 35.9 Å². The number of piperazine rings is 1. The van der Waals surface area contributed by atoms with Crippen molar-refractivity contribution in [1.29, 1.82) is 0 Å². The van der Waals surface area contributed by atoms with E-state index in [2.05, 4.69) is 22.2 Å². The fourth-order valence-electron chi connectivity index (χ4n) is 4.48. The van der Waals surface area contributed by atoms with E-state index in [-0.39, 0.29) is 5.91 Å². The second-order valence-corrected chi connectivity index (χ2v) is 10.8. The molecule has 2 amide bonds. The number of hydrogen-bond acceptors (Lipinski definition) is 7. The Balaban J connectivity index is 0.000000459. The van der Waals surface area contributed by atoms with Crippen LogP contribution in [-0.2, 0) is 19.1 Å². The normalized spacial score (nSPS) is 16.8. The largest absolute Gasteiger partial charge is 0.490 e. The minimum atomic E-state index is -5.08. The maximum absolute atomic E-state index is 13.4. The number of nitrogens with one attached hydrogen (secondary N) is 1. The van der Waals surface area contributed by atoms with Crippen molar-refractivity contribution in [1.82, 2.24) is 14.7 Å². The fourth-order valence-corrected chi connectivity index (χ4v) is 4.61. The van der Waals surface area contributed by atoms with Crippen LogP contribution in [0.4, 0.5) is 36.8 Å². The summed E-state index contributed by atoms with van der Waals surface area (Å²) >= 11 is 5.91. The highest BCUT2D eigenvalue weighted by Gasteiger charge is 2.39. The Morgan fingerprint density at radius 3 is 1.72 bits per heavy atom. The summed E-state index contributed by atoms with van der Waals surface area (Å²) in [5, 5.41) is 17.5. The number of nitrogens with zero attached hydrogens (tertiary/aromatic N) is 3. The van der Waals surface area contributed by atoms with Crippen molar-refractivity contribution in [2.45, 2.75) is 37.3 Å². The first-order chi connectivity index (χ1) is 21.9. The van der Waals surface area contributed by atoms with Crippen molar-refractivity contribution in [2.75, 3.05) is 51.6 Å². The summed E-state index contributed by atoms with van der Waals surface area (Å²) in [6, 6.07) is 16.4. The number of aliphatic carboxylic acids is 2. The smallest absolute Gasteiger partial charge is 0.475 e. The van der Waals surface area contributed by atoms with Crippen molar-refractivity contribution in [3.8, 4) is 0 Å². The number of alkyl halides is 6. The fraction of sp³-hybridized carbons (Fsp3) is 0.448. The maximum atomic E-state index is 13.4. The number of likely N-dealkylation sites (N-methyl/N-ethyl adjacent to an activating group) is 1. The molecule has 0 aromatic heterocycles. The molecule has 2 heterocycles. The van der Waals surface area contributed by atoms with Crippen LogP contribution in [0.1, 0.15) is 24.5 Å². The molecule has 3 N–H and O–H groups in total. The highest BCUT2D eigenvalue weighted by Crippen LogP contribution is 2.25. The second-order valence-electron chi connectivity index (χ2n) is 10.3. The molecule has 2 saturated heterocycles. The Hall–Kier alpha value is -4.09. The molecular formula is C29H33ClF6N4O7. The van der Waals surface area contributed by atoms with Crippen LogP contribution in [0.3, 0.4) is 0 Å². The zero-order chi connectivity index (χ0) is 35.4. The zero-order valence-corrected chi connectivity index (χ0v) is 25.7. The lowest BCUT2D eigenvalue weighted by Crippen LogP contribution is -2.53. The van der Waals surface area contributed by atoms with Gasteiger partial charge in [-0.25, -0.2) is 14.4 Å². The monoisotopic (exact) mass is 698 g/mol. The molecule has 0 saturated carbocycles. The van der Waals surface area contributed by atoms with E-state index in [1.807, 2.05) is 35.2 Å². The van der Waals surface area contributed by atoms with E-state index < -0.39 is 36.5 Å². The third-order valence-corrected chi connectivity index (χ3v) is 7.21. The van der Waals surface area contributed by atoms with Gasteiger partial charge in [0.1, 0.15) is 0 Å². The van der Waals surface area contributed by atoms with Crippen molar-refractivity contribution in [2.24, 2.45) is 0 Å². The van der Waals surface area contributed by atoms with Gasteiger partial charge < -0.3 is 24.7 Å². The molecule has 2 aliphatic heterocycles. The van der Waals surface area contributed by atoms with Crippen molar-refractivity contribution in [3.63, 3.8) is 0 Å². The van der Waals surface area contributed by atoms with Crippen molar-refractivity contribution >= 4 is 41.2 Å². The molecule has 0 bridgehead atoms. The number of benzene rings is 2. The molecule has 4 rings (SSSR count). The summed E-state index contributed by atoms with van der Waals surface area (Å²) in [5.74, 6) is -5.69. The zero-order valence-electron chi connectivity index (χ0n) is 24.9. The van der Waals surface area contributed by atoms with Gasteiger partial charge >= 0.3 is 30.4 Å². The van der Waals surface area contributed by atoms with Crippen LogP contribution < -0.4 is 5.32 Å². The third-order valence-electron chi connectivity index (χ3n) is 6.96. The van der Waals surface area contributed by atoms with Crippen LogP contribution in [-0.4, -0.2) is 114 Å². The molecule has 2 aromatic rings. The van der Waals surface area contributed by atoms with Gasteiger partial charge in [0.05, 0.1) is 0 Å². The SMILES string of the molecule is CN1CCN(C2CCN(C(=O)[C@H](OC(=O)Nc3ccc(Cl)cc3)c3ccccc3)CC2)CC1.O=C(O)C(F)(F)F.O=C(O)C(F)(F)F. The van der Waals surface area contributed by atoms with Crippen LogP contribution in [0.5, 0.6) is 0 Å². The number of carboxylic acids is 2. The first kappa shape index (κ1) is 39.1. The number of amides is 2. The predicted molar refractivity (Wildman–Crippen MR) is 157 cm³/mol. The average molecular weight is 699 g/mol. The maximum Gasteiger partial charge on any atom is 0.490 e. The number of carbonyl (C=O) groups is 4. The molecule has 0 spiro atoms. The molecule has 18 heteroatoms. The molecule has 1 atom stereocenters. The first-order valence-corrected chi connectivity index (χ1v) is 14.4. The molecule has 47 heavy (non-hydrogen) atoms. The number of rotatable bonds is 5. The minimum Gasteiger partial charge on any atom is -0.475 e. The van der Waals surface area contributed by atoms with Gasteiger partial charge in [-0.05, 0) is 44.2 Å². The molecule has 0 unspecified atom stereocenters. The predicted octanol–water partition coefficient (Wildman–Crippen LogP) is 5.13. The Morgan fingerprint density at radius 1 is 0.809 bits per heavy atom. The van der Waals surface area contributed by atoms with Crippen LogP contribution in [0, 0.1) is 0 Å². The molecule has 2 aliphatic rings. The van der Waals surface area contributed by atoms with E-state index >= 15 is 0 Å².